The molecule has 2 aromatic heterocycles. The van der Waals surface area contributed by atoms with Crippen molar-refractivity contribution in [3.05, 3.63) is 65.1 Å². The van der Waals surface area contributed by atoms with Gasteiger partial charge in [-0.3, -0.25) is 9.69 Å². The lowest BCUT2D eigenvalue weighted by molar-refractivity contribution is 0.0901. The van der Waals surface area contributed by atoms with Crippen molar-refractivity contribution in [3.8, 4) is 0 Å². The Morgan fingerprint density at radius 2 is 2.04 bits per heavy atom. The number of hydrogen-bond acceptors (Lipinski definition) is 4. The van der Waals surface area contributed by atoms with E-state index in [0.29, 0.717) is 23.1 Å². The fraction of sp³-hybridized carbons (Fsp3) is 0.300. The molecule has 5 nitrogen and oxygen atoms in total. The molecule has 7 heteroatoms. The number of carbonyl (C=O) groups is 1. The molecule has 1 N–H and O–H groups in total. The summed E-state index contributed by atoms with van der Waals surface area (Å²) in [7, 11) is 1.89. The average Bonchev–Trinajstić information content (AvgIpc) is 3.21. The highest BCUT2D eigenvalue weighted by molar-refractivity contribution is 5.95. The summed E-state index contributed by atoms with van der Waals surface area (Å²) in [6, 6.07) is 8.59. The van der Waals surface area contributed by atoms with Crippen LogP contribution in [0.4, 0.5) is 8.78 Å². The molecular weight excluding hydrogens is 352 g/mol. The predicted octanol–water partition coefficient (Wildman–Crippen LogP) is 3.59. The molecule has 0 unspecified atom stereocenters. The Kier molecular flexibility index (Phi) is 4.39. The fourth-order valence-corrected chi connectivity index (χ4v) is 3.66. The van der Waals surface area contributed by atoms with Crippen molar-refractivity contribution in [2.75, 3.05) is 13.6 Å². The largest absolute Gasteiger partial charge is 0.449 e. The van der Waals surface area contributed by atoms with Gasteiger partial charge in [-0.15, -0.1) is 0 Å². The van der Waals surface area contributed by atoms with Gasteiger partial charge < -0.3 is 9.73 Å². The van der Waals surface area contributed by atoms with Crippen molar-refractivity contribution in [2.24, 2.45) is 0 Å². The van der Waals surface area contributed by atoms with E-state index in [1.54, 1.807) is 18.2 Å². The number of pyridine rings is 1. The van der Waals surface area contributed by atoms with Crippen LogP contribution in [0.3, 0.4) is 0 Å². The van der Waals surface area contributed by atoms with Crippen LogP contribution in [0, 0.1) is 18.6 Å². The molecule has 1 aliphatic rings. The lowest BCUT2D eigenvalue weighted by Crippen LogP contribution is -2.38. The first kappa shape index (κ1) is 17.6. The van der Waals surface area contributed by atoms with E-state index in [2.05, 4.69) is 10.3 Å². The number of rotatable bonds is 3. The predicted molar refractivity (Wildman–Crippen MR) is 96.3 cm³/mol. The summed E-state index contributed by atoms with van der Waals surface area (Å²) in [4.78, 5) is 19.0. The number of amides is 1. The second-order valence-electron chi connectivity index (χ2n) is 6.91. The Labute approximate surface area is 155 Å². The first-order chi connectivity index (χ1) is 12.9. The molecule has 0 aliphatic carbocycles. The number of likely N-dealkylation sites (tertiary alicyclic amines) is 1. The van der Waals surface area contributed by atoms with Crippen molar-refractivity contribution in [1.29, 1.82) is 0 Å². The number of hydrogen-bond donors (Lipinski definition) is 1. The van der Waals surface area contributed by atoms with Crippen molar-refractivity contribution >= 4 is 17.0 Å². The van der Waals surface area contributed by atoms with Gasteiger partial charge in [0.05, 0.1) is 12.1 Å². The summed E-state index contributed by atoms with van der Waals surface area (Å²) >= 11 is 0. The second kappa shape index (κ2) is 6.74. The molecule has 3 heterocycles. The van der Waals surface area contributed by atoms with E-state index in [-0.39, 0.29) is 23.8 Å². The van der Waals surface area contributed by atoms with Crippen LogP contribution in [-0.4, -0.2) is 35.4 Å². The summed E-state index contributed by atoms with van der Waals surface area (Å²) in [6.07, 6.45) is 0.698. The molecule has 0 spiro atoms. The van der Waals surface area contributed by atoms with Gasteiger partial charge in [0.25, 0.3) is 5.91 Å². The highest BCUT2D eigenvalue weighted by Gasteiger charge is 2.35. The van der Waals surface area contributed by atoms with Crippen LogP contribution in [0.2, 0.25) is 0 Å². The van der Waals surface area contributed by atoms with Gasteiger partial charge in [0, 0.05) is 18.3 Å². The number of aromatic nitrogens is 1. The average molecular weight is 371 g/mol. The van der Waals surface area contributed by atoms with E-state index < -0.39 is 11.6 Å². The molecule has 4 rings (SSSR count). The molecule has 0 bridgehead atoms. The Hall–Kier alpha value is -2.80. The van der Waals surface area contributed by atoms with Gasteiger partial charge in [-0.1, -0.05) is 6.07 Å². The first-order valence-corrected chi connectivity index (χ1v) is 8.75. The van der Waals surface area contributed by atoms with Gasteiger partial charge in [0.15, 0.2) is 23.0 Å². The van der Waals surface area contributed by atoms with Gasteiger partial charge in [-0.2, -0.15) is 0 Å². The molecule has 0 saturated carbocycles. The van der Waals surface area contributed by atoms with Gasteiger partial charge in [-0.05, 0) is 50.2 Å². The number of nitrogens with zero attached hydrogens (tertiary/aromatic N) is 2. The molecule has 1 amide bonds. The third-order valence-corrected chi connectivity index (χ3v) is 4.99. The number of carbonyl (C=O) groups excluding carboxylic acids is 1. The van der Waals surface area contributed by atoms with E-state index in [1.807, 2.05) is 24.9 Å². The van der Waals surface area contributed by atoms with Gasteiger partial charge >= 0.3 is 0 Å². The first-order valence-electron chi connectivity index (χ1n) is 8.75. The molecule has 27 heavy (non-hydrogen) atoms. The third kappa shape index (κ3) is 3.30. The van der Waals surface area contributed by atoms with Crippen LogP contribution in [0.15, 0.2) is 40.8 Å². The number of likely N-dealkylation sites (N-methyl/N-ethyl adjacent to an activating group) is 1. The molecule has 140 valence electrons. The molecule has 3 aromatic rings. The van der Waals surface area contributed by atoms with Gasteiger partial charge in [0.2, 0.25) is 0 Å². The zero-order valence-electron chi connectivity index (χ0n) is 15.0. The number of benzene rings is 1. The fourth-order valence-electron chi connectivity index (χ4n) is 3.66. The lowest BCUT2D eigenvalue weighted by Gasteiger charge is -2.26. The van der Waals surface area contributed by atoms with E-state index in [9.17, 15) is 13.6 Å². The minimum absolute atomic E-state index is 0.182. The molecule has 1 saturated heterocycles. The zero-order valence-corrected chi connectivity index (χ0v) is 15.0. The van der Waals surface area contributed by atoms with Crippen LogP contribution >= 0.6 is 0 Å². The monoisotopic (exact) mass is 371 g/mol. The highest BCUT2D eigenvalue weighted by atomic mass is 19.2. The minimum Gasteiger partial charge on any atom is -0.449 e. The third-order valence-electron chi connectivity index (χ3n) is 4.99. The number of halogens is 2. The number of aryl methyl sites for hydroxylation is 1. The lowest BCUT2D eigenvalue weighted by atomic mass is 10.00. The topological polar surface area (TPSA) is 58.4 Å². The van der Waals surface area contributed by atoms with E-state index in [1.165, 1.54) is 6.07 Å². The normalized spacial score (nSPS) is 20.3. The number of nitrogens with one attached hydrogen (secondary N) is 1. The zero-order chi connectivity index (χ0) is 19.1. The van der Waals surface area contributed by atoms with Crippen LogP contribution in [0.5, 0.6) is 0 Å². The Balaban J connectivity index is 1.57. The van der Waals surface area contributed by atoms with Crippen LogP contribution in [0.25, 0.3) is 11.1 Å². The SMILES string of the molecule is Cc1ccc2oc(C(=O)N[C@@H]3CCN(C)[C@@H]3c3ccc(F)c(F)c3)cc2n1. The molecule has 2 atom stereocenters. The summed E-state index contributed by atoms with van der Waals surface area (Å²) in [5, 5.41) is 2.97. The quantitative estimate of drug-likeness (QED) is 0.764. The highest BCUT2D eigenvalue weighted by Crippen LogP contribution is 2.32. The smallest absolute Gasteiger partial charge is 0.287 e. The Bertz CT molecular complexity index is 1020. The maximum atomic E-state index is 13.7. The Morgan fingerprint density at radius 3 is 2.81 bits per heavy atom. The molecule has 1 aliphatic heterocycles. The summed E-state index contributed by atoms with van der Waals surface area (Å²) < 4.78 is 32.5. The minimum atomic E-state index is -0.892. The molecule has 0 radical (unpaired) electrons. The Morgan fingerprint density at radius 1 is 1.22 bits per heavy atom. The number of fused-ring (bicyclic) bond motifs is 1. The van der Waals surface area contributed by atoms with E-state index in [0.717, 1.165) is 18.3 Å². The maximum Gasteiger partial charge on any atom is 0.287 e. The summed E-state index contributed by atoms with van der Waals surface area (Å²) in [6.45, 7) is 2.60. The second-order valence-corrected chi connectivity index (χ2v) is 6.91. The van der Waals surface area contributed by atoms with Gasteiger partial charge in [-0.25, -0.2) is 13.8 Å². The van der Waals surface area contributed by atoms with Gasteiger partial charge in [0.1, 0.15) is 5.52 Å². The van der Waals surface area contributed by atoms with E-state index >= 15 is 0 Å². The maximum absolute atomic E-state index is 13.7. The van der Waals surface area contributed by atoms with Crippen LogP contribution in [0.1, 0.15) is 34.3 Å². The summed E-state index contributed by atoms with van der Waals surface area (Å²) in [5.41, 5.74) is 2.64. The van der Waals surface area contributed by atoms with E-state index in [4.69, 9.17) is 4.42 Å². The summed E-state index contributed by atoms with van der Waals surface area (Å²) in [5.74, 6) is -1.94. The standard InChI is InChI=1S/C20H19F2N3O2/c1-11-3-6-17-16(23-11)10-18(27-17)20(26)24-15-7-8-25(2)19(15)12-4-5-13(21)14(22)9-12/h3-6,9-10,15,19H,7-8H2,1-2H3,(H,24,26)/t15-,19-/m1/s1. The van der Waals surface area contributed by atoms with Crippen LogP contribution < -0.4 is 5.32 Å². The number of furan rings is 1. The van der Waals surface area contributed by atoms with Crippen molar-refractivity contribution in [1.82, 2.24) is 15.2 Å². The van der Waals surface area contributed by atoms with Crippen LogP contribution in [-0.2, 0) is 0 Å². The van der Waals surface area contributed by atoms with Crippen molar-refractivity contribution in [2.45, 2.75) is 25.4 Å². The molecule has 1 aromatic carbocycles. The van der Waals surface area contributed by atoms with Crippen molar-refractivity contribution in [3.63, 3.8) is 0 Å². The van der Waals surface area contributed by atoms with Crippen molar-refractivity contribution < 1.29 is 18.0 Å². The molecule has 1 fully saturated rings. The molecular formula is C20H19F2N3O2.